The SMILES string of the molecule is CCOC(=O)c1cccc(-n2c(C)cc(/C=C3\SC(=O)N(CC)C3=O)c2C)c1. The minimum Gasteiger partial charge on any atom is -0.462 e. The lowest BCUT2D eigenvalue weighted by Crippen LogP contribution is -2.27. The molecule has 1 aliphatic heterocycles. The van der Waals surface area contributed by atoms with Gasteiger partial charge < -0.3 is 9.30 Å². The van der Waals surface area contributed by atoms with E-state index in [1.807, 2.05) is 36.6 Å². The monoisotopic (exact) mass is 398 g/mol. The zero-order valence-electron chi connectivity index (χ0n) is 16.3. The molecule has 7 heteroatoms. The molecule has 0 N–H and O–H groups in total. The normalized spacial score (nSPS) is 15.6. The van der Waals surface area contributed by atoms with Gasteiger partial charge in [-0.2, -0.15) is 0 Å². The van der Waals surface area contributed by atoms with Crippen molar-refractivity contribution in [2.45, 2.75) is 27.7 Å². The van der Waals surface area contributed by atoms with E-state index in [0.29, 0.717) is 23.6 Å². The third-order valence-corrected chi connectivity index (χ3v) is 5.47. The van der Waals surface area contributed by atoms with Gasteiger partial charge in [-0.15, -0.1) is 0 Å². The van der Waals surface area contributed by atoms with Crippen LogP contribution in [0.15, 0.2) is 35.2 Å². The average molecular weight is 398 g/mol. The molecule has 2 amide bonds. The van der Waals surface area contributed by atoms with E-state index in [2.05, 4.69) is 0 Å². The van der Waals surface area contributed by atoms with E-state index in [4.69, 9.17) is 4.74 Å². The van der Waals surface area contributed by atoms with Crippen LogP contribution >= 0.6 is 11.8 Å². The Kier molecular flexibility index (Phi) is 5.74. The van der Waals surface area contributed by atoms with E-state index in [9.17, 15) is 14.4 Å². The van der Waals surface area contributed by atoms with Gasteiger partial charge in [-0.3, -0.25) is 14.5 Å². The molecule has 1 saturated heterocycles. The maximum absolute atomic E-state index is 12.4. The molecule has 0 aliphatic carbocycles. The van der Waals surface area contributed by atoms with Crippen molar-refractivity contribution in [3.05, 3.63) is 57.8 Å². The summed E-state index contributed by atoms with van der Waals surface area (Å²) in [7, 11) is 0. The number of rotatable bonds is 5. The van der Waals surface area contributed by atoms with Crippen LogP contribution in [0.2, 0.25) is 0 Å². The van der Waals surface area contributed by atoms with Crippen LogP contribution < -0.4 is 0 Å². The number of carbonyl (C=O) groups is 3. The molecule has 2 aromatic rings. The predicted molar refractivity (Wildman–Crippen MR) is 110 cm³/mol. The summed E-state index contributed by atoms with van der Waals surface area (Å²) in [6, 6.07) is 9.20. The molecule has 1 aromatic carbocycles. The van der Waals surface area contributed by atoms with Crippen LogP contribution in [-0.4, -0.2) is 39.7 Å². The van der Waals surface area contributed by atoms with E-state index in [1.54, 1.807) is 32.1 Å². The summed E-state index contributed by atoms with van der Waals surface area (Å²) in [5, 5.41) is -0.241. The number of hydrogen-bond acceptors (Lipinski definition) is 5. The van der Waals surface area contributed by atoms with Crippen LogP contribution in [-0.2, 0) is 9.53 Å². The van der Waals surface area contributed by atoms with Gasteiger partial charge in [-0.25, -0.2) is 4.79 Å². The highest BCUT2D eigenvalue weighted by Crippen LogP contribution is 2.33. The summed E-state index contributed by atoms with van der Waals surface area (Å²) in [5.41, 5.74) is 4.06. The zero-order valence-corrected chi connectivity index (χ0v) is 17.1. The van der Waals surface area contributed by atoms with Crippen molar-refractivity contribution in [3.8, 4) is 5.69 Å². The molecule has 0 atom stereocenters. The fourth-order valence-electron chi connectivity index (χ4n) is 3.23. The summed E-state index contributed by atoms with van der Waals surface area (Å²) < 4.78 is 7.09. The molecule has 0 unspecified atom stereocenters. The van der Waals surface area contributed by atoms with Crippen molar-refractivity contribution in [2.24, 2.45) is 0 Å². The lowest BCUT2D eigenvalue weighted by atomic mass is 10.2. The fourth-order valence-corrected chi connectivity index (χ4v) is 4.13. The van der Waals surface area contributed by atoms with E-state index in [1.165, 1.54) is 4.90 Å². The van der Waals surface area contributed by atoms with E-state index < -0.39 is 0 Å². The van der Waals surface area contributed by atoms with Crippen molar-refractivity contribution in [3.63, 3.8) is 0 Å². The molecule has 1 aromatic heterocycles. The Hall–Kier alpha value is -2.80. The largest absolute Gasteiger partial charge is 0.462 e. The first-order chi connectivity index (χ1) is 13.4. The number of esters is 1. The van der Waals surface area contributed by atoms with Gasteiger partial charge in [0.05, 0.1) is 17.1 Å². The molecule has 28 heavy (non-hydrogen) atoms. The highest BCUT2D eigenvalue weighted by atomic mass is 32.2. The number of hydrogen-bond donors (Lipinski definition) is 0. The minimum absolute atomic E-state index is 0.241. The number of aromatic nitrogens is 1. The third-order valence-electron chi connectivity index (χ3n) is 4.56. The van der Waals surface area contributed by atoms with Crippen LogP contribution in [0.25, 0.3) is 11.8 Å². The molecule has 1 aliphatic rings. The van der Waals surface area contributed by atoms with Crippen molar-refractivity contribution < 1.29 is 19.1 Å². The van der Waals surface area contributed by atoms with Gasteiger partial charge in [0.2, 0.25) is 0 Å². The van der Waals surface area contributed by atoms with Gasteiger partial charge >= 0.3 is 5.97 Å². The highest BCUT2D eigenvalue weighted by molar-refractivity contribution is 8.18. The Morgan fingerprint density at radius 1 is 1.18 bits per heavy atom. The Labute approximate surface area is 168 Å². The number of aryl methyl sites for hydroxylation is 1. The Balaban J connectivity index is 1.99. The molecule has 3 rings (SSSR count). The van der Waals surface area contributed by atoms with Crippen molar-refractivity contribution in [2.75, 3.05) is 13.2 Å². The van der Waals surface area contributed by atoms with E-state index >= 15 is 0 Å². The summed E-state index contributed by atoms with van der Waals surface area (Å²) in [6.07, 6.45) is 1.76. The fraction of sp³-hybridized carbons (Fsp3) is 0.286. The van der Waals surface area contributed by atoms with Crippen molar-refractivity contribution >= 4 is 35.0 Å². The molecule has 146 valence electrons. The van der Waals surface area contributed by atoms with Gasteiger partial charge in [0.1, 0.15) is 0 Å². The Morgan fingerprint density at radius 2 is 1.93 bits per heavy atom. The molecule has 0 spiro atoms. The quantitative estimate of drug-likeness (QED) is 0.554. The van der Waals surface area contributed by atoms with Gasteiger partial charge in [-0.05, 0) is 75.4 Å². The number of thioether (sulfide) groups is 1. The number of nitrogens with zero attached hydrogens (tertiary/aromatic N) is 2. The topological polar surface area (TPSA) is 68.6 Å². The molecular formula is C21H22N2O4S. The molecule has 0 bridgehead atoms. The second-order valence-electron chi connectivity index (χ2n) is 6.36. The maximum Gasteiger partial charge on any atom is 0.338 e. The van der Waals surface area contributed by atoms with Gasteiger partial charge in [-0.1, -0.05) is 6.07 Å². The number of carbonyl (C=O) groups excluding carboxylic acids is 3. The molecule has 1 fully saturated rings. The van der Waals surface area contributed by atoms with Gasteiger partial charge in [0.15, 0.2) is 0 Å². The third kappa shape index (κ3) is 3.62. The number of benzene rings is 1. The first kappa shape index (κ1) is 19.9. The maximum atomic E-state index is 12.4. The number of ether oxygens (including phenoxy) is 1. The zero-order chi connectivity index (χ0) is 20.4. The highest BCUT2D eigenvalue weighted by Gasteiger charge is 2.33. The van der Waals surface area contributed by atoms with E-state index in [0.717, 1.165) is 34.4 Å². The van der Waals surface area contributed by atoms with Gasteiger partial charge in [0.25, 0.3) is 11.1 Å². The summed E-state index contributed by atoms with van der Waals surface area (Å²) in [6.45, 7) is 8.14. The number of amides is 2. The van der Waals surface area contributed by atoms with Crippen LogP contribution in [0.5, 0.6) is 0 Å². The second kappa shape index (κ2) is 8.06. The lowest BCUT2D eigenvalue weighted by molar-refractivity contribution is -0.122. The van der Waals surface area contributed by atoms with Crippen LogP contribution in [0.4, 0.5) is 4.79 Å². The summed E-state index contributed by atoms with van der Waals surface area (Å²) in [4.78, 5) is 38.0. The Morgan fingerprint density at radius 3 is 2.57 bits per heavy atom. The standard InChI is InChI=1S/C21H22N2O4S/c1-5-22-19(24)18(28-21(22)26)12-16-10-13(3)23(14(16)4)17-9-7-8-15(11-17)20(25)27-6-2/h7-12H,5-6H2,1-4H3/b18-12-. The average Bonchev–Trinajstić information content (AvgIpc) is 3.10. The smallest absolute Gasteiger partial charge is 0.338 e. The Bertz CT molecular complexity index is 990. The van der Waals surface area contributed by atoms with Crippen LogP contribution in [0.1, 0.15) is 41.2 Å². The summed E-state index contributed by atoms with van der Waals surface area (Å²) in [5.74, 6) is -0.619. The molecule has 0 radical (unpaired) electrons. The lowest BCUT2D eigenvalue weighted by Gasteiger charge is -2.11. The second-order valence-corrected chi connectivity index (χ2v) is 7.35. The first-order valence-corrected chi connectivity index (χ1v) is 9.90. The first-order valence-electron chi connectivity index (χ1n) is 9.09. The van der Waals surface area contributed by atoms with Crippen LogP contribution in [0.3, 0.4) is 0 Å². The molecular weight excluding hydrogens is 376 g/mol. The van der Waals surface area contributed by atoms with Crippen molar-refractivity contribution in [1.82, 2.24) is 9.47 Å². The molecule has 0 saturated carbocycles. The molecule has 2 heterocycles. The van der Waals surface area contributed by atoms with Gasteiger partial charge in [0, 0.05) is 23.6 Å². The summed E-state index contributed by atoms with van der Waals surface area (Å²) >= 11 is 0.961. The predicted octanol–water partition coefficient (Wildman–Crippen LogP) is 4.33. The number of likely N-dealkylation sites (N-methyl/N-ethyl adjacent to an activating group) is 1. The molecule has 6 nitrogen and oxygen atoms in total. The van der Waals surface area contributed by atoms with Crippen molar-refractivity contribution in [1.29, 1.82) is 0 Å². The van der Waals surface area contributed by atoms with E-state index in [-0.39, 0.29) is 17.1 Å². The minimum atomic E-state index is -0.361. The number of imide groups is 1. The van der Waals surface area contributed by atoms with Crippen LogP contribution in [0, 0.1) is 13.8 Å².